The van der Waals surface area contributed by atoms with Crippen LogP contribution in [0.15, 0.2) is 18.2 Å². The number of benzene rings is 1. The van der Waals surface area contributed by atoms with Gasteiger partial charge in [-0.15, -0.1) is 0 Å². The molecule has 5 heteroatoms. The SMILES string of the molecule is CC1C(=O)NCCN1c1cc(F)cc(C=O)c1. The molecule has 1 heterocycles. The van der Waals surface area contributed by atoms with Crippen molar-refractivity contribution in [3.8, 4) is 0 Å². The zero-order chi connectivity index (χ0) is 12.4. The normalized spacial score (nSPS) is 20.0. The molecule has 0 spiro atoms. The lowest BCUT2D eigenvalue weighted by atomic mass is 10.1. The van der Waals surface area contributed by atoms with Gasteiger partial charge in [0.2, 0.25) is 5.91 Å². The molecule has 2 rings (SSSR count). The van der Waals surface area contributed by atoms with Crippen LogP contribution < -0.4 is 10.2 Å². The number of nitrogens with zero attached hydrogens (tertiary/aromatic N) is 1. The van der Waals surface area contributed by atoms with Crippen LogP contribution in [0.1, 0.15) is 17.3 Å². The zero-order valence-corrected chi connectivity index (χ0v) is 9.44. The van der Waals surface area contributed by atoms with E-state index in [1.165, 1.54) is 12.1 Å². The van der Waals surface area contributed by atoms with E-state index < -0.39 is 5.82 Å². The molecule has 1 aromatic carbocycles. The van der Waals surface area contributed by atoms with E-state index in [1.807, 2.05) is 0 Å². The van der Waals surface area contributed by atoms with Gasteiger partial charge in [0, 0.05) is 24.3 Å². The van der Waals surface area contributed by atoms with Gasteiger partial charge in [0.25, 0.3) is 0 Å². The Morgan fingerprint density at radius 3 is 2.94 bits per heavy atom. The van der Waals surface area contributed by atoms with Gasteiger partial charge in [-0.05, 0) is 25.1 Å². The molecule has 17 heavy (non-hydrogen) atoms. The number of aldehydes is 1. The van der Waals surface area contributed by atoms with Crippen molar-refractivity contribution >= 4 is 17.9 Å². The number of rotatable bonds is 2. The van der Waals surface area contributed by atoms with Crippen molar-refractivity contribution in [2.24, 2.45) is 0 Å². The molecule has 0 radical (unpaired) electrons. The highest BCUT2D eigenvalue weighted by Gasteiger charge is 2.25. The summed E-state index contributed by atoms with van der Waals surface area (Å²) in [7, 11) is 0. The average Bonchev–Trinajstić information content (AvgIpc) is 2.31. The standard InChI is InChI=1S/C12H13FN2O2/c1-8-12(17)14-2-3-15(8)11-5-9(7-16)4-10(13)6-11/h4-8H,2-3H2,1H3,(H,14,17). The van der Waals surface area contributed by atoms with Crippen LogP contribution in [0.4, 0.5) is 10.1 Å². The molecule has 1 N–H and O–H groups in total. The number of carbonyl (C=O) groups is 2. The van der Waals surface area contributed by atoms with E-state index in [2.05, 4.69) is 5.32 Å². The molecular weight excluding hydrogens is 223 g/mol. The minimum Gasteiger partial charge on any atom is -0.358 e. The second-order valence-corrected chi connectivity index (χ2v) is 4.02. The Morgan fingerprint density at radius 2 is 2.24 bits per heavy atom. The first kappa shape index (κ1) is 11.6. The molecule has 1 amide bonds. The van der Waals surface area contributed by atoms with Gasteiger partial charge in [-0.2, -0.15) is 0 Å². The van der Waals surface area contributed by atoms with E-state index >= 15 is 0 Å². The van der Waals surface area contributed by atoms with Gasteiger partial charge in [-0.3, -0.25) is 9.59 Å². The molecule has 0 aromatic heterocycles. The Labute approximate surface area is 98.4 Å². The van der Waals surface area contributed by atoms with Gasteiger partial charge >= 0.3 is 0 Å². The predicted octanol–water partition coefficient (Wildman–Crippen LogP) is 0.963. The maximum atomic E-state index is 13.3. The van der Waals surface area contributed by atoms with Gasteiger partial charge in [0.05, 0.1) is 0 Å². The lowest BCUT2D eigenvalue weighted by Crippen LogP contribution is -2.54. The molecule has 4 nitrogen and oxygen atoms in total. The molecule has 1 aliphatic heterocycles. The number of hydrogen-bond donors (Lipinski definition) is 1. The monoisotopic (exact) mass is 236 g/mol. The number of anilines is 1. The summed E-state index contributed by atoms with van der Waals surface area (Å²) in [5.74, 6) is -0.559. The molecule has 0 aliphatic carbocycles. The van der Waals surface area contributed by atoms with Crippen molar-refractivity contribution in [1.29, 1.82) is 0 Å². The summed E-state index contributed by atoms with van der Waals surface area (Å²) in [5, 5.41) is 2.73. The molecule has 1 saturated heterocycles. The molecule has 1 unspecified atom stereocenters. The number of amides is 1. The van der Waals surface area contributed by atoms with Gasteiger partial charge in [-0.25, -0.2) is 4.39 Å². The summed E-state index contributed by atoms with van der Waals surface area (Å²) in [6, 6.07) is 3.74. The molecule has 1 aliphatic rings. The first-order valence-electron chi connectivity index (χ1n) is 5.42. The largest absolute Gasteiger partial charge is 0.358 e. The Balaban J connectivity index is 2.35. The lowest BCUT2D eigenvalue weighted by Gasteiger charge is -2.34. The molecule has 1 aromatic rings. The minimum absolute atomic E-state index is 0.0897. The van der Waals surface area contributed by atoms with Gasteiger partial charge in [-0.1, -0.05) is 0 Å². The van der Waals surface area contributed by atoms with Crippen LogP contribution in [0.2, 0.25) is 0 Å². The fourth-order valence-electron chi connectivity index (χ4n) is 1.97. The summed E-state index contributed by atoms with van der Waals surface area (Å²) in [5.41, 5.74) is 0.840. The van der Waals surface area contributed by atoms with E-state index in [1.54, 1.807) is 17.9 Å². The third-order valence-corrected chi connectivity index (χ3v) is 2.87. The minimum atomic E-state index is -0.470. The third-order valence-electron chi connectivity index (χ3n) is 2.87. The van der Waals surface area contributed by atoms with Gasteiger partial charge < -0.3 is 10.2 Å². The molecule has 1 fully saturated rings. The summed E-state index contributed by atoms with van der Waals surface area (Å²) < 4.78 is 13.3. The van der Waals surface area contributed by atoms with Gasteiger partial charge in [0.15, 0.2) is 0 Å². The highest BCUT2D eigenvalue weighted by atomic mass is 19.1. The van der Waals surface area contributed by atoms with Crippen molar-refractivity contribution in [2.75, 3.05) is 18.0 Å². The highest BCUT2D eigenvalue weighted by Crippen LogP contribution is 2.21. The second kappa shape index (κ2) is 4.53. The Bertz CT molecular complexity index is 462. The van der Waals surface area contributed by atoms with Crippen molar-refractivity contribution in [2.45, 2.75) is 13.0 Å². The number of hydrogen-bond acceptors (Lipinski definition) is 3. The van der Waals surface area contributed by atoms with Crippen LogP contribution in [0.5, 0.6) is 0 Å². The quantitative estimate of drug-likeness (QED) is 0.778. The van der Waals surface area contributed by atoms with Crippen LogP contribution in [-0.2, 0) is 4.79 Å². The zero-order valence-electron chi connectivity index (χ0n) is 9.44. The van der Waals surface area contributed by atoms with Crippen LogP contribution in [0.3, 0.4) is 0 Å². The van der Waals surface area contributed by atoms with Crippen LogP contribution in [-0.4, -0.2) is 31.3 Å². The van der Waals surface area contributed by atoms with E-state index in [-0.39, 0.29) is 17.5 Å². The number of nitrogens with one attached hydrogen (secondary N) is 1. The summed E-state index contributed by atoms with van der Waals surface area (Å²) >= 11 is 0. The Morgan fingerprint density at radius 1 is 1.47 bits per heavy atom. The van der Waals surface area contributed by atoms with Crippen LogP contribution in [0.25, 0.3) is 0 Å². The Hall–Kier alpha value is -1.91. The van der Waals surface area contributed by atoms with Crippen molar-refractivity contribution in [3.05, 3.63) is 29.6 Å². The molecule has 90 valence electrons. The maximum absolute atomic E-state index is 13.3. The van der Waals surface area contributed by atoms with Gasteiger partial charge in [0.1, 0.15) is 18.1 Å². The van der Waals surface area contributed by atoms with Crippen molar-refractivity contribution in [1.82, 2.24) is 5.32 Å². The summed E-state index contributed by atoms with van der Waals surface area (Å²) in [4.78, 5) is 24.0. The van der Waals surface area contributed by atoms with Crippen LogP contribution >= 0.6 is 0 Å². The molecule has 1 atom stereocenters. The highest BCUT2D eigenvalue weighted by molar-refractivity contribution is 5.86. The van der Waals surface area contributed by atoms with E-state index in [0.29, 0.717) is 25.1 Å². The number of piperazine rings is 1. The smallest absolute Gasteiger partial charge is 0.242 e. The van der Waals surface area contributed by atoms with Crippen molar-refractivity contribution in [3.63, 3.8) is 0 Å². The third kappa shape index (κ3) is 2.27. The summed E-state index contributed by atoms with van der Waals surface area (Å²) in [6.07, 6.45) is 0.598. The number of halogens is 1. The van der Waals surface area contributed by atoms with E-state index in [0.717, 1.165) is 0 Å². The first-order chi connectivity index (χ1) is 8.11. The van der Waals surface area contributed by atoms with Crippen LogP contribution in [0, 0.1) is 5.82 Å². The molecule has 0 saturated carbocycles. The maximum Gasteiger partial charge on any atom is 0.242 e. The second-order valence-electron chi connectivity index (χ2n) is 4.02. The lowest BCUT2D eigenvalue weighted by molar-refractivity contribution is -0.122. The fraction of sp³-hybridized carbons (Fsp3) is 0.333. The topological polar surface area (TPSA) is 49.4 Å². The Kier molecular flexibility index (Phi) is 3.08. The number of carbonyl (C=O) groups excluding carboxylic acids is 2. The van der Waals surface area contributed by atoms with E-state index in [9.17, 15) is 14.0 Å². The molecular formula is C12H13FN2O2. The van der Waals surface area contributed by atoms with Crippen molar-refractivity contribution < 1.29 is 14.0 Å². The first-order valence-corrected chi connectivity index (χ1v) is 5.42. The predicted molar refractivity (Wildman–Crippen MR) is 61.6 cm³/mol. The van der Waals surface area contributed by atoms with E-state index in [4.69, 9.17) is 0 Å². The molecule has 0 bridgehead atoms. The average molecular weight is 236 g/mol. The fourth-order valence-corrected chi connectivity index (χ4v) is 1.97. The summed E-state index contributed by atoms with van der Waals surface area (Å²) in [6.45, 7) is 2.88.